The second-order valence-corrected chi connectivity index (χ2v) is 3.11. The molecule has 0 aliphatic carbocycles. The maximum absolute atomic E-state index is 5.61. The van der Waals surface area contributed by atoms with Gasteiger partial charge in [-0.2, -0.15) is 0 Å². The monoisotopic (exact) mass is 179 g/mol. The van der Waals surface area contributed by atoms with Crippen LogP contribution in [0.15, 0.2) is 24.3 Å². The summed E-state index contributed by atoms with van der Waals surface area (Å²) in [5, 5.41) is 0. The van der Waals surface area contributed by atoms with Crippen molar-refractivity contribution < 1.29 is 4.74 Å². The molecule has 0 aromatic heterocycles. The second-order valence-electron chi connectivity index (χ2n) is 3.11. The summed E-state index contributed by atoms with van der Waals surface area (Å²) in [6.45, 7) is 5.46. The van der Waals surface area contributed by atoms with Crippen LogP contribution < -0.4 is 10.5 Å². The maximum Gasteiger partial charge on any atom is 0.122 e. The molecule has 0 amide bonds. The minimum Gasteiger partial charge on any atom is -0.494 e. The average Bonchev–Trinajstić information content (AvgIpc) is 2.18. The van der Waals surface area contributed by atoms with Crippen LogP contribution in [0.3, 0.4) is 0 Å². The zero-order chi connectivity index (χ0) is 9.68. The number of para-hydroxylation sites is 1. The third-order valence-corrected chi connectivity index (χ3v) is 2.10. The fraction of sp³-hybridized carbons (Fsp3) is 0.455. The molecule has 1 atom stereocenters. The summed E-state index contributed by atoms with van der Waals surface area (Å²) in [4.78, 5) is 0. The van der Waals surface area contributed by atoms with E-state index >= 15 is 0 Å². The topological polar surface area (TPSA) is 35.2 Å². The van der Waals surface area contributed by atoms with Gasteiger partial charge in [0, 0.05) is 0 Å². The molecule has 1 aromatic rings. The van der Waals surface area contributed by atoms with E-state index in [4.69, 9.17) is 10.5 Å². The standard InChI is InChI=1S/C11H17NO/c1-3-13-11-7-5-4-6-10(11)9(2)8-12/h4-7,9H,3,8,12H2,1-2H3. The van der Waals surface area contributed by atoms with Crippen LogP contribution >= 0.6 is 0 Å². The minimum atomic E-state index is 0.364. The van der Waals surface area contributed by atoms with E-state index in [2.05, 4.69) is 13.0 Å². The van der Waals surface area contributed by atoms with Crippen molar-refractivity contribution in [2.75, 3.05) is 13.2 Å². The van der Waals surface area contributed by atoms with Crippen LogP contribution in [0.25, 0.3) is 0 Å². The SMILES string of the molecule is CCOc1ccccc1C(C)CN. The molecule has 0 radical (unpaired) electrons. The smallest absolute Gasteiger partial charge is 0.122 e. The van der Waals surface area contributed by atoms with Crippen LogP contribution in [0.2, 0.25) is 0 Å². The highest BCUT2D eigenvalue weighted by Gasteiger charge is 2.08. The van der Waals surface area contributed by atoms with Crippen LogP contribution in [-0.2, 0) is 0 Å². The lowest BCUT2D eigenvalue weighted by atomic mass is 10.0. The van der Waals surface area contributed by atoms with Crippen LogP contribution in [-0.4, -0.2) is 13.2 Å². The summed E-state index contributed by atoms with van der Waals surface area (Å²) in [5.74, 6) is 1.32. The van der Waals surface area contributed by atoms with Crippen molar-refractivity contribution in [1.82, 2.24) is 0 Å². The molecule has 0 fully saturated rings. The van der Waals surface area contributed by atoms with Gasteiger partial charge in [0.1, 0.15) is 5.75 Å². The summed E-state index contributed by atoms with van der Waals surface area (Å²) in [7, 11) is 0. The first kappa shape index (κ1) is 10.1. The van der Waals surface area contributed by atoms with Crippen molar-refractivity contribution in [3.8, 4) is 5.75 Å². The van der Waals surface area contributed by atoms with Gasteiger partial charge in [-0.1, -0.05) is 25.1 Å². The van der Waals surface area contributed by atoms with Crippen molar-refractivity contribution in [2.45, 2.75) is 19.8 Å². The summed E-state index contributed by atoms with van der Waals surface area (Å²) in [6.07, 6.45) is 0. The van der Waals surface area contributed by atoms with Crippen molar-refractivity contribution in [2.24, 2.45) is 5.73 Å². The number of ether oxygens (including phenoxy) is 1. The summed E-state index contributed by atoms with van der Waals surface area (Å²) in [5.41, 5.74) is 6.81. The van der Waals surface area contributed by atoms with Crippen LogP contribution in [0, 0.1) is 0 Å². The lowest BCUT2D eigenvalue weighted by Crippen LogP contribution is -2.10. The number of hydrogen-bond donors (Lipinski definition) is 1. The zero-order valence-corrected chi connectivity index (χ0v) is 8.29. The van der Waals surface area contributed by atoms with Crippen LogP contribution in [0.1, 0.15) is 25.3 Å². The molecule has 0 saturated heterocycles. The molecule has 1 unspecified atom stereocenters. The lowest BCUT2D eigenvalue weighted by Gasteiger charge is -2.14. The fourth-order valence-corrected chi connectivity index (χ4v) is 1.30. The molecule has 0 aliphatic rings. The van der Waals surface area contributed by atoms with Gasteiger partial charge in [0.15, 0.2) is 0 Å². The van der Waals surface area contributed by atoms with Gasteiger partial charge >= 0.3 is 0 Å². The van der Waals surface area contributed by atoms with E-state index < -0.39 is 0 Å². The van der Waals surface area contributed by atoms with Gasteiger partial charge in [0.05, 0.1) is 6.61 Å². The molecule has 0 heterocycles. The zero-order valence-electron chi connectivity index (χ0n) is 8.29. The minimum absolute atomic E-state index is 0.364. The molecular formula is C11H17NO. The molecule has 2 heteroatoms. The Morgan fingerprint density at radius 2 is 2.08 bits per heavy atom. The van der Waals surface area contributed by atoms with Gasteiger partial charge in [0.2, 0.25) is 0 Å². The molecule has 0 bridgehead atoms. The molecule has 0 saturated carbocycles. The fourth-order valence-electron chi connectivity index (χ4n) is 1.30. The van der Waals surface area contributed by atoms with Crippen molar-refractivity contribution in [3.05, 3.63) is 29.8 Å². The predicted octanol–water partition coefficient (Wildman–Crippen LogP) is 2.15. The highest BCUT2D eigenvalue weighted by molar-refractivity contribution is 5.36. The highest BCUT2D eigenvalue weighted by Crippen LogP contribution is 2.25. The molecular weight excluding hydrogens is 162 g/mol. The van der Waals surface area contributed by atoms with Gasteiger partial charge in [-0.25, -0.2) is 0 Å². The molecule has 2 N–H and O–H groups in total. The summed E-state index contributed by atoms with van der Waals surface area (Å²) < 4.78 is 5.50. The summed E-state index contributed by atoms with van der Waals surface area (Å²) >= 11 is 0. The third-order valence-electron chi connectivity index (χ3n) is 2.10. The van der Waals surface area contributed by atoms with Crippen molar-refractivity contribution in [3.63, 3.8) is 0 Å². The molecule has 1 rings (SSSR count). The second kappa shape index (κ2) is 4.87. The van der Waals surface area contributed by atoms with E-state index in [1.807, 2.05) is 25.1 Å². The van der Waals surface area contributed by atoms with Crippen LogP contribution in [0.5, 0.6) is 5.75 Å². The van der Waals surface area contributed by atoms with Gasteiger partial charge in [0.25, 0.3) is 0 Å². The number of nitrogens with two attached hydrogens (primary N) is 1. The predicted molar refractivity (Wildman–Crippen MR) is 55.1 cm³/mol. The Kier molecular flexibility index (Phi) is 3.77. The highest BCUT2D eigenvalue weighted by atomic mass is 16.5. The Hall–Kier alpha value is -1.02. The number of rotatable bonds is 4. The first-order valence-corrected chi connectivity index (χ1v) is 4.71. The van der Waals surface area contributed by atoms with E-state index in [-0.39, 0.29) is 0 Å². The molecule has 0 spiro atoms. The van der Waals surface area contributed by atoms with E-state index in [9.17, 15) is 0 Å². The quantitative estimate of drug-likeness (QED) is 0.768. The van der Waals surface area contributed by atoms with E-state index in [0.717, 1.165) is 5.75 Å². The first-order valence-electron chi connectivity index (χ1n) is 4.71. The summed E-state index contributed by atoms with van der Waals surface area (Å²) in [6, 6.07) is 8.06. The average molecular weight is 179 g/mol. The molecule has 2 nitrogen and oxygen atoms in total. The largest absolute Gasteiger partial charge is 0.494 e. The Bertz CT molecular complexity index is 260. The Balaban J connectivity index is 2.90. The molecule has 72 valence electrons. The van der Waals surface area contributed by atoms with Gasteiger partial charge < -0.3 is 10.5 Å². The molecule has 13 heavy (non-hydrogen) atoms. The Morgan fingerprint density at radius 1 is 1.38 bits per heavy atom. The van der Waals surface area contributed by atoms with Crippen molar-refractivity contribution in [1.29, 1.82) is 0 Å². The number of benzene rings is 1. The maximum atomic E-state index is 5.61. The molecule has 1 aromatic carbocycles. The van der Waals surface area contributed by atoms with Gasteiger partial charge in [-0.3, -0.25) is 0 Å². The first-order chi connectivity index (χ1) is 6.29. The third kappa shape index (κ3) is 2.46. The Labute approximate surface area is 79.7 Å². The number of hydrogen-bond acceptors (Lipinski definition) is 2. The van der Waals surface area contributed by atoms with Gasteiger partial charge in [-0.15, -0.1) is 0 Å². The molecule has 0 aliphatic heterocycles. The van der Waals surface area contributed by atoms with Crippen molar-refractivity contribution >= 4 is 0 Å². The van der Waals surface area contributed by atoms with Crippen LogP contribution in [0.4, 0.5) is 0 Å². The normalized spacial score (nSPS) is 12.5. The van der Waals surface area contributed by atoms with E-state index in [1.165, 1.54) is 5.56 Å². The van der Waals surface area contributed by atoms with E-state index in [1.54, 1.807) is 0 Å². The van der Waals surface area contributed by atoms with Gasteiger partial charge in [-0.05, 0) is 31.0 Å². The lowest BCUT2D eigenvalue weighted by molar-refractivity contribution is 0.335. The Morgan fingerprint density at radius 3 is 2.69 bits per heavy atom. The van der Waals surface area contributed by atoms with E-state index in [0.29, 0.717) is 19.1 Å².